The fraction of sp³-hybridized carbons (Fsp3) is 0.571. The van der Waals surface area contributed by atoms with E-state index in [1.807, 2.05) is 13.8 Å². The molecule has 1 aromatic carbocycles. The molecule has 7 heteroatoms. The molecule has 0 bridgehead atoms. The number of sulfonamides is 1. The summed E-state index contributed by atoms with van der Waals surface area (Å²) in [7, 11) is -3.53. The Morgan fingerprint density at radius 1 is 1.24 bits per heavy atom. The van der Waals surface area contributed by atoms with Crippen LogP contribution in [0.2, 0.25) is 0 Å². The fourth-order valence-corrected chi connectivity index (χ4v) is 4.13. The number of rotatable bonds is 6. The first-order valence-electron chi connectivity index (χ1n) is 6.94. The summed E-state index contributed by atoms with van der Waals surface area (Å²) < 4.78 is 38.0. The van der Waals surface area contributed by atoms with Crippen molar-refractivity contribution in [3.63, 3.8) is 0 Å². The molecule has 118 valence electrons. The Kier molecular flexibility index (Phi) is 5.51. The van der Waals surface area contributed by atoms with Gasteiger partial charge >= 0.3 is 0 Å². The van der Waals surface area contributed by atoms with E-state index in [1.54, 1.807) is 18.2 Å². The number of ether oxygens (including phenoxy) is 2. The smallest absolute Gasteiger partial charge is 0.243 e. The van der Waals surface area contributed by atoms with Crippen molar-refractivity contribution in [1.29, 1.82) is 0 Å². The van der Waals surface area contributed by atoms with Gasteiger partial charge in [-0.05, 0) is 32.4 Å². The molecule has 0 fully saturated rings. The zero-order valence-electron chi connectivity index (χ0n) is 12.2. The van der Waals surface area contributed by atoms with Crippen molar-refractivity contribution < 1.29 is 17.9 Å². The lowest BCUT2D eigenvalue weighted by atomic mass is 10.3. The number of hydrogen-bond donors (Lipinski definition) is 0. The Bertz CT molecular complexity index is 589. The molecule has 0 aliphatic carbocycles. The topological polar surface area (TPSA) is 55.8 Å². The summed E-state index contributed by atoms with van der Waals surface area (Å²) in [6.07, 6.45) is 0.766. The van der Waals surface area contributed by atoms with Crippen LogP contribution in [0.1, 0.15) is 20.3 Å². The van der Waals surface area contributed by atoms with Gasteiger partial charge in [0.2, 0.25) is 10.0 Å². The molecule has 0 unspecified atom stereocenters. The van der Waals surface area contributed by atoms with Crippen LogP contribution in [0.5, 0.6) is 11.5 Å². The SMILES string of the molecule is CC(C)N(CCCBr)S(=O)(=O)c1ccc2c(c1)OCCO2. The molecule has 0 spiro atoms. The standard InChI is InChI=1S/C14H20BrNO4S/c1-11(2)16(7-3-6-15)21(17,18)12-4-5-13-14(10-12)20-9-8-19-13/h4-5,10-11H,3,6-9H2,1-2H3. The zero-order valence-corrected chi connectivity index (χ0v) is 14.6. The van der Waals surface area contributed by atoms with Crippen LogP contribution in [0.3, 0.4) is 0 Å². The van der Waals surface area contributed by atoms with Gasteiger partial charge in [-0.25, -0.2) is 8.42 Å². The van der Waals surface area contributed by atoms with Gasteiger partial charge in [0.05, 0.1) is 4.90 Å². The van der Waals surface area contributed by atoms with Crippen LogP contribution in [-0.4, -0.2) is 43.9 Å². The number of nitrogens with zero attached hydrogens (tertiary/aromatic N) is 1. The number of fused-ring (bicyclic) bond motifs is 1. The average Bonchev–Trinajstić information content (AvgIpc) is 2.46. The lowest BCUT2D eigenvalue weighted by Gasteiger charge is -2.26. The van der Waals surface area contributed by atoms with E-state index in [0.717, 1.165) is 11.8 Å². The fourth-order valence-electron chi connectivity index (χ4n) is 2.19. The van der Waals surface area contributed by atoms with E-state index in [4.69, 9.17) is 9.47 Å². The van der Waals surface area contributed by atoms with E-state index in [9.17, 15) is 8.42 Å². The summed E-state index contributed by atoms with van der Waals surface area (Å²) in [6, 6.07) is 4.69. The van der Waals surface area contributed by atoms with E-state index >= 15 is 0 Å². The highest BCUT2D eigenvalue weighted by molar-refractivity contribution is 9.09. The molecule has 0 atom stereocenters. The number of hydrogen-bond acceptors (Lipinski definition) is 4. The third-order valence-corrected chi connectivity index (χ3v) is 5.84. The average molecular weight is 378 g/mol. The van der Waals surface area contributed by atoms with Gasteiger partial charge in [-0.1, -0.05) is 15.9 Å². The van der Waals surface area contributed by atoms with E-state index in [2.05, 4.69) is 15.9 Å². The normalized spacial score (nSPS) is 14.7. The quantitative estimate of drug-likeness (QED) is 0.715. The van der Waals surface area contributed by atoms with Crippen molar-refractivity contribution in [2.45, 2.75) is 31.2 Å². The molecule has 1 aliphatic rings. The first-order valence-corrected chi connectivity index (χ1v) is 9.50. The first-order chi connectivity index (χ1) is 9.96. The first kappa shape index (κ1) is 16.6. The zero-order chi connectivity index (χ0) is 15.5. The lowest BCUT2D eigenvalue weighted by Crippen LogP contribution is -2.37. The van der Waals surface area contributed by atoms with Gasteiger partial charge in [-0.2, -0.15) is 4.31 Å². The van der Waals surface area contributed by atoms with Gasteiger partial charge in [0.25, 0.3) is 0 Å². The predicted molar refractivity (Wildman–Crippen MR) is 84.9 cm³/mol. The second-order valence-electron chi connectivity index (χ2n) is 5.06. The Morgan fingerprint density at radius 2 is 1.90 bits per heavy atom. The highest BCUT2D eigenvalue weighted by Crippen LogP contribution is 2.33. The molecule has 0 N–H and O–H groups in total. The van der Waals surface area contributed by atoms with Gasteiger partial charge in [-0.15, -0.1) is 0 Å². The van der Waals surface area contributed by atoms with Crippen LogP contribution in [0.4, 0.5) is 0 Å². The van der Waals surface area contributed by atoms with Crippen molar-refractivity contribution in [3.05, 3.63) is 18.2 Å². The van der Waals surface area contributed by atoms with E-state index in [0.29, 0.717) is 31.3 Å². The third-order valence-electron chi connectivity index (χ3n) is 3.21. The molecule has 1 aromatic rings. The molecule has 0 saturated heterocycles. The molecular weight excluding hydrogens is 358 g/mol. The molecule has 0 saturated carbocycles. The summed E-state index contributed by atoms with van der Waals surface area (Å²) in [5.41, 5.74) is 0. The molecule has 21 heavy (non-hydrogen) atoms. The second kappa shape index (κ2) is 6.98. The third kappa shape index (κ3) is 3.70. The summed E-state index contributed by atoms with van der Waals surface area (Å²) in [5.74, 6) is 1.09. The van der Waals surface area contributed by atoms with Gasteiger partial charge in [0.1, 0.15) is 13.2 Å². The molecule has 0 amide bonds. The minimum absolute atomic E-state index is 0.0951. The Hall–Kier alpha value is -0.790. The van der Waals surface area contributed by atoms with Crippen molar-refractivity contribution in [2.75, 3.05) is 25.1 Å². The van der Waals surface area contributed by atoms with E-state index in [-0.39, 0.29) is 10.9 Å². The molecule has 0 radical (unpaired) electrons. The van der Waals surface area contributed by atoms with Crippen LogP contribution in [0.15, 0.2) is 23.1 Å². The number of halogens is 1. The lowest BCUT2D eigenvalue weighted by molar-refractivity contribution is 0.171. The number of alkyl halides is 1. The molecule has 1 aliphatic heterocycles. The van der Waals surface area contributed by atoms with Gasteiger partial charge in [-0.3, -0.25) is 0 Å². The maximum Gasteiger partial charge on any atom is 0.243 e. The van der Waals surface area contributed by atoms with Gasteiger partial charge < -0.3 is 9.47 Å². The minimum atomic E-state index is -3.53. The largest absolute Gasteiger partial charge is 0.486 e. The Balaban J connectivity index is 2.33. The van der Waals surface area contributed by atoms with Crippen molar-refractivity contribution in [2.24, 2.45) is 0 Å². The Morgan fingerprint density at radius 3 is 2.52 bits per heavy atom. The molecular formula is C14H20BrNO4S. The van der Waals surface area contributed by atoms with Crippen molar-refractivity contribution in [1.82, 2.24) is 4.31 Å². The molecule has 5 nitrogen and oxygen atoms in total. The molecule has 1 heterocycles. The monoisotopic (exact) mass is 377 g/mol. The van der Waals surface area contributed by atoms with Crippen LogP contribution >= 0.6 is 15.9 Å². The summed E-state index contributed by atoms with van der Waals surface area (Å²) in [6.45, 7) is 5.17. The van der Waals surface area contributed by atoms with Crippen LogP contribution in [0, 0.1) is 0 Å². The van der Waals surface area contributed by atoms with Gasteiger partial charge in [0, 0.05) is 24.0 Å². The minimum Gasteiger partial charge on any atom is -0.486 e. The maximum atomic E-state index is 12.8. The summed E-state index contributed by atoms with van der Waals surface area (Å²) >= 11 is 3.34. The van der Waals surface area contributed by atoms with Crippen LogP contribution < -0.4 is 9.47 Å². The Labute approximate surface area is 134 Å². The molecule has 0 aromatic heterocycles. The maximum absolute atomic E-state index is 12.8. The van der Waals surface area contributed by atoms with Crippen LogP contribution in [-0.2, 0) is 10.0 Å². The van der Waals surface area contributed by atoms with Gasteiger partial charge in [0.15, 0.2) is 11.5 Å². The predicted octanol–water partition coefficient (Wildman–Crippen LogP) is 2.64. The van der Waals surface area contributed by atoms with Crippen molar-refractivity contribution >= 4 is 26.0 Å². The highest BCUT2D eigenvalue weighted by Gasteiger charge is 2.28. The van der Waals surface area contributed by atoms with Crippen LogP contribution in [0.25, 0.3) is 0 Å². The van der Waals surface area contributed by atoms with E-state index in [1.165, 1.54) is 4.31 Å². The molecule has 2 rings (SSSR count). The second-order valence-corrected chi connectivity index (χ2v) is 7.74. The highest BCUT2D eigenvalue weighted by atomic mass is 79.9. The summed E-state index contributed by atoms with van der Waals surface area (Å²) in [4.78, 5) is 0.245. The summed E-state index contributed by atoms with van der Waals surface area (Å²) in [5, 5.41) is 0.771. The van der Waals surface area contributed by atoms with E-state index < -0.39 is 10.0 Å². The van der Waals surface area contributed by atoms with Crippen molar-refractivity contribution in [3.8, 4) is 11.5 Å². The number of benzene rings is 1.